The minimum atomic E-state index is -1.46. The lowest BCUT2D eigenvalue weighted by molar-refractivity contribution is -0.384. The van der Waals surface area contributed by atoms with E-state index in [-0.39, 0.29) is 29.0 Å². The quantitative estimate of drug-likeness (QED) is 0.0588. The zero-order valence-corrected chi connectivity index (χ0v) is 36.1. The summed E-state index contributed by atoms with van der Waals surface area (Å²) in [6.45, 7) is 15.5. The normalized spacial score (nSPS) is 23.6. The van der Waals surface area contributed by atoms with Crippen molar-refractivity contribution in [2.75, 3.05) is 69.6 Å². The van der Waals surface area contributed by atoms with Crippen LogP contribution in [0.15, 0.2) is 72.1 Å². The van der Waals surface area contributed by atoms with Gasteiger partial charge in [0.05, 0.1) is 16.7 Å². The summed E-state index contributed by atoms with van der Waals surface area (Å²) in [6.07, 6.45) is 11.8. The fraction of sp³-hybridized carbons (Fsp3) is 0.542. The van der Waals surface area contributed by atoms with Gasteiger partial charge in [-0.3, -0.25) is 19.8 Å². The highest BCUT2D eigenvalue weighted by atomic mass is 19.1. The van der Waals surface area contributed by atoms with E-state index in [1.807, 2.05) is 37.5 Å². The van der Waals surface area contributed by atoms with Crippen LogP contribution in [0.4, 0.5) is 21.5 Å². The standard InChI is InChI=1S/C48H62FN7O4/c1-6-33-24-37(23-32(33)2)41-28-47(3,4)13-11-36(41)30-54-19-21-55(22-20-54)38-8-9-40(44(27-38)60-39-25-35-12-16-50-46(35)51-29-39)45(57)34-7-10-42(43(26-34)56(58)59)52-31-48(49)14-17-53(5)18-15-48/h7-10,12,16,25-27,29,32-33,37,52H,6,11,13-15,17-24,28,30-31H2,1-5H3,(H,50,51). The third-order valence-electron chi connectivity index (χ3n) is 14.2. The molecule has 2 saturated heterocycles. The average molecular weight is 820 g/mol. The number of allylic oxidation sites excluding steroid dienone is 1. The molecule has 0 spiro atoms. The fourth-order valence-electron chi connectivity index (χ4n) is 10.3. The van der Waals surface area contributed by atoms with E-state index in [4.69, 9.17) is 4.74 Å². The summed E-state index contributed by atoms with van der Waals surface area (Å²) in [5, 5.41) is 16.2. The van der Waals surface area contributed by atoms with Gasteiger partial charge in [-0.25, -0.2) is 9.37 Å². The number of piperidine rings is 1. The van der Waals surface area contributed by atoms with Crippen molar-refractivity contribution in [3.05, 3.63) is 93.3 Å². The molecule has 3 unspecified atom stereocenters. The van der Waals surface area contributed by atoms with Crippen LogP contribution < -0.4 is 15.0 Å². The molecule has 3 fully saturated rings. The number of nitrogens with one attached hydrogen (secondary N) is 2. The molecule has 4 aliphatic rings. The Balaban J connectivity index is 1.01. The zero-order valence-electron chi connectivity index (χ0n) is 36.1. The first kappa shape index (κ1) is 41.9. The van der Waals surface area contributed by atoms with Crippen molar-refractivity contribution in [1.29, 1.82) is 0 Å². The summed E-state index contributed by atoms with van der Waals surface area (Å²) in [5.41, 5.74) is 4.36. The molecule has 0 radical (unpaired) electrons. The lowest BCUT2D eigenvalue weighted by atomic mass is 9.70. The lowest BCUT2D eigenvalue weighted by Crippen LogP contribution is -2.47. The number of fused-ring (bicyclic) bond motifs is 1. The number of hydrogen-bond acceptors (Lipinski definition) is 9. The molecule has 0 amide bonds. The van der Waals surface area contributed by atoms with E-state index < -0.39 is 16.4 Å². The Morgan fingerprint density at radius 3 is 2.55 bits per heavy atom. The molecule has 2 N–H and O–H groups in total. The number of nitro groups is 1. The number of anilines is 2. The Hall–Kier alpha value is -4.81. The minimum absolute atomic E-state index is 0.0430. The number of ether oxygens (including phenoxy) is 1. The van der Waals surface area contributed by atoms with Crippen molar-refractivity contribution in [3.8, 4) is 11.5 Å². The van der Waals surface area contributed by atoms with Crippen molar-refractivity contribution >= 4 is 33.9 Å². The third kappa shape index (κ3) is 9.24. The van der Waals surface area contributed by atoms with Gasteiger partial charge in [0.1, 0.15) is 28.5 Å². The topological polar surface area (TPSA) is 120 Å². The summed E-state index contributed by atoms with van der Waals surface area (Å²) < 4.78 is 22.0. The van der Waals surface area contributed by atoms with Gasteiger partial charge in [-0.15, -0.1) is 0 Å². The third-order valence-corrected chi connectivity index (χ3v) is 14.2. The molecule has 0 bridgehead atoms. The van der Waals surface area contributed by atoms with Crippen LogP contribution in [0.3, 0.4) is 0 Å². The first-order valence-electron chi connectivity index (χ1n) is 22.1. The molecule has 2 aliphatic heterocycles. The Labute approximate surface area is 353 Å². The van der Waals surface area contributed by atoms with Crippen molar-refractivity contribution in [2.45, 2.75) is 84.7 Å². The number of aromatic amines is 1. The summed E-state index contributed by atoms with van der Waals surface area (Å²) in [6, 6.07) is 13.7. The van der Waals surface area contributed by atoms with Crippen molar-refractivity contribution in [1.82, 2.24) is 19.8 Å². The van der Waals surface area contributed by atoms with Crippen molar-refractivity contribution < 1.29 is 18.8 Å². The van der Waals surface area contributed by atoms with Crippen LogP contribution in [-0.4, -0.2) is 95.5 Å². The minimum Gasteiger partial charge on any atom is -0.455 e. The number of aromatic nitrogens is 2. The molecule has 4 aromatic rings. The first-order valence-corrected chi connectivity index (χ1v) is 22.1. The van der Waals surface area contributed by atoms with E-state index in [2.05, 4.69) is 57.7 Å². The highest BCUT2D eigenvalue weighted by Crippen LogP contribution is 2.49. The first-order chi connectivity index (χ1) is 28.8. The monoisotopic (exact) mass is 819 g/mol. The van der Waals surface area contributed by atoms with Crippen molar-refractivity contribution in [2.24, 2.45) is 23.2 Å². The van der Waals surface area contributed by atoms with Gasteiger partial charge in [0.15, 0.2) is 5.78 Å². The summed E-state index contributed by atoms with van der Waals surface area (Å²) in [5.74, 6) is 2.78. The van der Waals surface area contributed by atoms with E-state index in [0.29, 0.717) is 42.8 Å². The number of nitrogens with zero attached hydrogens (tertiary/aromatic N) is 5. The molecule has 2 aliphatic carbocycles. The molecule has 2 aromatic heterocycles. The number of halogens is 1. The number of carbonyl (C=O) groups is 1. The predicted octanol–water partition coefficient (Wildman–Crippen LogP) is 10.0. The SMILES string of the molecule is CCC1CC(C2=C(CN3CCN(c4ccc(C(=O)c5ccc(NCC6(F)CCN(C)CC6)c([N+](=O)[O-])c5)c(Oc5cnc6[nH]ccc6c5)c4)CC3)CCC(C)(C)C2)CC1C. The van der Waals surface area contributed by atoms with Crippen molar-refractivity contribution in [3.63, 3.8) is 0 Å². The number of hydrogen-bond donors (Lipinski definition) is 2. The second kappa shape index (κ2) is 17.3. The van der Waals surface area contributed by atoms with Crippen LogP contribution in [0.2, 0.25) is 0 Å². The number of rotatable bonds is 13. The predicted molar refractivity (Wildman–Crippen MR) is 237 cm³/mol. The highest BCUT2D eigenvalue weighted by molar-refractivity contribution is 6.11. The van der Waals surface area contributed by atoms with E-state index in [0.717, 1.165) is 67.2 Å². The average Bonchev–Trinajstić information content (AvgIpc) is 3.87. The molecule has 320 valence electrons. The number of nitro benzene ring substituents is 1. The molecule has 60 heavy (non-hydrogen) atoms. The summed E-state index contributed by atoms with van der Waals surface area (Å²) in [7, 11) is 1.96. The number of H-pyrrole nitrogens is 1. The smallest absolute Gasteiger partial charge is 0.293 e. The van der Waals surface area contributed by atoms with Gasteiger partial charge in [0.25, 0.3) is 5.69 Å². The maximum Gasteiger partial charge on any atom is 0.293 e. The summed E-state index contributed by atoms with van der Waals surface area (Å²) in [4.78, 5) is 40.7. The van der Waals surface area contributed by atoms with Crippen LogP contribution in [0.25, 0.3) is 11.0 Å². The second-order valence-corrected chi connectivity index (χ2v) is 19.0. The molecule has 12 heteroatoms. The molecular weight excluding hydrogens is 758 g/mol. The largest absolute Gasteiger partial charge is 0.455 e. The van der Waals surface area contributed by atoms with Gasteiger partial charge in [0, 0.05) is 87.3 Å². The highest BCUT2D eigenvalue weighted by Gasteiger charge is 2.38. The Morgan fingerprint density at radius 1 is 1.03 bits per heavy atom. The molecule has 4 heterocycles. The number of alkyl halides is 1. The molecular formula is C48H62FN7O4. The maximum absolute atomic E-state index is 15.5. The molecule has 8 rings (SSSR count). The molecule has 3 atom stereocenters. The number of piperazine rings is 1. The van der Waals surface area contributed by atoms with E-state index in [1.54, 1.807) is 29.5 Å². The van der Waals surface area contributed by atoms with Gasteiger partial charge in [0.2, 0.25) is 0 Å². The van der Waals surface area contributed by atoms with Crippen LogP contribution in [0.1, 0.15) is 95.0 Å². The van der Waals surface area contributed by atoms with Gasteiger partial charge < -0.3 is 24.8 Å². The molecule has 11 nitrogen and oxygen atoms in total. The number of likely N-dealkylation sites (tertiary alicyclic amines) is 1. The van der Waals surface area contributed by atoms with E-state index in [1.165, 1.54) is 50.7 Å². The van der Waals surface area contributed by atoms with Gasteiger partial charge in [-0.05, 0) is 112 Å². The zero-order chi connectivity index (χ0) is 42.2. The van der Waals surface area contributed by atoms with E-state index in [9.17, 15) is 14.9 Å². The number of carbonyl (C=O) groups excluding carboxylic acids is 1. The van der Waals surface area contributed by atoms with Crippen LogP contribution >= 0.6 is 0 Å². The molecule has 2 aromatic carbocycles. The van der Waals surface area contributed by atoms with Crippen LogP contribution in [0, 0.1) is 33.3 Å². The van der Waals surface area contributed by atoms with Gasteiger partial charge in [-0.2, -0.15) is 0 Å². The van der Waals surface area contributed by atoms with E-state index >= 15 is 4.39 Å². The number of ketones is 1. The Morgan fingerprint density at radius 2 is 1.82 bits per heavy atom. The van der Waals surface area contributed by atoms with Gasteiger partial charge >= 0.3 is 0 Å². The lowest BCUT2D eigenvalue weighted by Gasteiger charge is -2.40. The number of benzene rings is 2. The molecule has 1 saturated carbocycles. The fourth-order valence-corrected chi connectivity index (χ4v) is 10.3. The van der Waals surface area contributed by atoms with Crippen LogP contribution in [-0.2, 0) is 0 Å². The Bertz CT molecular complexity index is 2240. The maximum atomic E-state index is 15.5. The second-order valence-electron chi connectivity index (χ2n) is 19.0. The summed E-state index contributed by atoms with van der Waals surface area (Å²) >= 11 is 0. The Kier molecular flexibility index (Phi) is 12.1. The number of pyridine rings is 1. The van der Waals surface area contributed by atoms with Gasteiger partial charge in [-0.1, -0.05) is 45.3 Å². The van der Waals surface area contributed by atoms with Crippen LogP contribution in [0.5, 0.6) is 11.5 Å².